The first-order chi connectivity index (χ1) is 13.9. The highest BCUT2D eigenvalue weighted by molar-refractivity contribution is 6.32. The molecule has 0 aromatic heterocycles. The SMILES string of the molecule is O=C(C[C@@H](NCCNCc1ccccc1)C(=O)O)Nc1ccc(Cl)c([N+](=O)[O-])c1. The third kappa shape index (κ3) is 7.49. The molecule has 1 amide bonds. The molecule has 0 saturated carbocycles. The third-order valence-corrected chi connectivity index (χ3v) is 4.30. The number of hydrogen-bond donors (Lipinski definition) is 4. The number of carboxylic acids is 1. The van der Waals surface area contributed by atoms with Gasteiger partial charge in [0.2, 0.25) is 5.91 Å². The van der Waals surface area contributed by atoms with Gasteiger partial charge >= 0.3 is 5.97 Å². The number of amides is 1. The standard InChI is InChI=1S/C19H21ClN4O5/c20-15-7-6-14(10-17(15)24(28)29)23-18(25)11-16(19(26)27)22-9-8-21-12-13-4-2-1-3-5-13/h1-7,10,16,21-22H,8-9,11-12H2,(H,23,25)(H,26,27)/t16-/m1/s1. The van der Waals surface area contributed by atoms with E-state index in [1.54, 1.807) is 0 Å². The molecule has 2 aromatic rings. The van der Waals surface area contributed by atoms with Gasteiger partial charge in [-0.25, -0.2) is 0 Å². The minimum Gasteiger partial charge on any atom is -0.480 e. The highest BCUT2D eigenvalue weighted by atomic mass is 35.5. The predicted molar refractivity (Wildman–Crippen MR) is 109 cm³/mol. The van der Waals surface area contributed by atoms with E-state index in [2.05, 4.69) is 16.0 Å². The molecule has 1 atom stereocenters. The van der Waals surface area contributed by atoms with Crippen molar-refractivity contribution >= 4 is 34.9 Å². The van der Waals surface area contributed by atoms with Crippen molar-refractivity contribution in [3.63, 3.8) is 0 Å². The number of carbonyl (C=O) groups is 2. The van der Waals surface area contributed by atoms with Crippen LogP contribution in [0.15, 0.2) is 48.5 Å². The number of anilines is 1. The van der Waals surface area contributed by atoms with Crippen LogP contribution in [0.1, 0.15) is 12.0 Å². The quantitative estimate of drug-likeness (QED) is 0.249. The van der Waals surface area contributed by atoms with Gasteiger partial charge < -0.3 is 21.1 Å². The Bertz CT molecular complexity index is 863. The lowest BCUT2D eigenvalue weighted by Gasteiger charge is -2.15. The Morgan fingerprint density at radius 1 is 1.14 bits per heavy atom. The zero-order valence-electron chi connectivity index (χ0n) is 15.4. The molecule has 0 radical (unpaired) electrons. The third-order valence-electron chi connectivity index (χ3n) is 3.98. The summed E-state index contributed by atoms with van der Waals surface area (Å²) in [5.74, 6) is -1.75. The van der Waals surface area contributed by atoms with Crippen molar-refractivity contribution in [1.29, 1.82) is 0 Å². The van der Waals surface area contributed by atoms with E-state index in [1.807, 2.05) is 30.3 Å². The van der Waals surface area contributed by atoms with Crippen LogP contribution in [0.25, 0.3) is 0 Å². The van der Waals surface area contributed by atoms with Crippen LogP contribution in [-0.2, 0) is 16.1 Å². The van der Waals surface area contributed by atoms with Gasteiger partial charge in [-0.15, -0.1) is 0 Å². The fourth-order valence-corrected chi connectivity index (χ4v) is 2.72. The number of rotatable bonds is 11. The molecule has 0 aliphatic rings. The Morgan fingerprint density at radius 2 is 1.86 bits per heavy atom. The Hall–Kier alpha value is -3.01. The molecule has 9 nitrogen and oxygen atoms in total. The molecule has 0 heterocycles. The average molecular weight is 421 g/mol. The Balaban J connectivity index is 1.80. The summed E-state index contributed by atoms with van der Waals surface area (Å²) < 4.78 is 0. The summed E-state index contributed by atoms with van der Waals surface area (Å²) in [6.07, 6.45) is -0.329. The van der Waals surface area contributed by atoms with E-state index >= 15 is 0 Å². The largest absolute Gasteiger partial charge is 0.480 e. The maximum atomic E-state index is 12.1. The first kappa shape index (κ1) is 22.3. The maximum absolute atomic E-state index is 12.1. The van der Waals surface area contributed by atoms with Crippen LogP contribution >= 0.6 is 11.6 Å². The highest BCUT2D eigenvalue weighted by Gasteiger charge is 2.21. The van der Waals surface area contributed by atoms with Crippen LogP contribution in [-0.4, -0.2) is 41.0 Å². The summed E-state index contributed by atoms with van der Waals surface area (Å²) in [5.41, 5.74) is 0.931. The summed E-state index contributed by atoms with van der Waals surface area (Å²) in [5, 5.41) is 28.6. The fraction of sp³-hybridized carbons (Fsp3) is 0.263. The molecule has 10 heteroatoms. The summed E-state index contributed by atoms with van der Waals surface area (Å²) in [4.78, 5) is 33.8. The van der Waals surface area contributed by atoms with Crippen molar-refractivity contribution in [2.45, 2.75) is 19.0 Å². The van der Waals surface area contributed by atoms with Gasteiger partial charge in [0.1, 0.15) is 11.1 Å². The number of nitrogens with zero attached hydrogens (tertiary/aromatic N) is 1. The molecule has 4 N–H and O–H groups in total. The molecule has 2 aromatic carbocycles. The number of carbonyl (C=O) groups excluding carboxylic acids is 1. The summed E-state index contributed by atoms with van der Waals surface area (Å²) in [6.45, 7) is 1.52. The minimum atomic E-state index is -1.16. The van der Waals surface area contributed by atoms with Crippen LogP contribution in [0.5, 0.6) is 0 Å². The molecule has 0 saturated heterocycles. The van der Waals surface area contributed by atoms with Crippen LogP contribution < -0.4 is 16.0 Å². The highest BCUT2D eigenvalue weighted by Crippen LogP contribution is 2.27. The molecule has 0 unspecified atom stereocenters. The normalized spacial score (nSPS) is 11.6. The Kier molecular flexibility index (Phi) is 8.53. The number of benzene rings is 2. The van der Waals surface area contributed by atoms with E-state index in [4.69, 9.17) is 11.6 Å². The molecule has 0 aliphatic heterocycles. The maximum Gasteiger partial charge on any atom is 0.321 e. The van der Waals surface area contributed by atoms with Crippen molar-refractivity contribution in [2.24, 2.45) is 0 Å². The number of carboxylic acid groups (broad SMARTS) is 1. The average Bonchev–Trinajstić information content (AvgIpc) is 2.68. The van der Waals surface area contributed by atoms with E-state index in [9.17, 15) is 24.8 Å². The number of hydrogen-bond acceptors (Lipinski definition) is 6. The minimum absolute atomic E-state index is 0.0546. The lowest BCUT2D eigenvalue weighted by Crippen LogP contribution is -2.42. The number of halogens is 1. The van der Waals surface area contributed by atoms with Gasteiger partial charge in [-0.05, 0) is 17.7 Å². The van der Waals surface area contributed by atoms with Gasteiger partial charge in [-0.1, -0.05) is 41.9 Å². The zero-order valence-corrected chi connectivity index (χ0v) is 16.2. The van der Waals surface area contributed by atoms with E-state index in [-0.39, 0.29) is 22.8 Å². The van der Waals surface area contributed by atoms with Crippen molar-refractivity contribution in [2.75, 3.05) is 18.4 Å². The van der Waals surface area contributed by atoms with Gasteiger partial charge in [0.25, 0.3) is 5.69 Å². The summed E-state index contributed by atoms with van der Waals surface area (Å²) in [7, 11) is 0. The fourth-order valence-electron chi connectivity index (χ4n) is 2.54. The van der Waals surface area contributed by atoms with Crippen LogP contribution in [0.3, 0.4) is 0 Å². The van der Waals surface area contributed by atoms with E-state index in [0.717, 1.165) is 11.6 Å². The molecule has 0 fully saturated rings. The number of nitrogens with one attached hydrogen (secondary N) is 3. The van der Waals surface area contributed by atoms with Crippen molar-refractivity contribution in [3.05, 3.63) is 69.2 Å². The Labute approximate surface area is 172 Å². The number of nitro benzene ring substituents is 1. The first-order valence-electron chi connectivity index (χ1n) is 8.81. The zero-order chi connectivity index (χ0) is 21.2. The molecular weight excluding hydrogens is 400 g/mol. The van der Waals surface area contributed by atoms with Gasteiger partial charge in [-0.2, -0.15) is 0 Å². The molecular formula is C19H21ClN4O5. The number of nitro groups is 1. The van der Waals surface area contributed by atoms with Gasteiger partial charge in [0.05, 0.1) is 11.3 Å². The van der Waals surface area contributed by atoms with Gasteiger partial charge in [-0.3, -0.25) is 19.7 Å². The molecule has 154 valence electrons. The summed E-state index contributed by atoms with van der Waals surface area (Å²) in [6, 6.07) is 12.5. The van der Waals surface area contributed by atoms with Crippen molar-refractivity contribution in [1.82, 2.24) is 10.6 Å². The monoisotopic (exact) mass is 420 g/mol. The summed E-state index contributed by atoms with van der Waals surface area (Å²) >= 11 is 5.73. The van der Waals surface area contributed by atoms with Crippen molar-refractivity contribution in [3.8, 4) is 0 Å². The van der Waals surface area contributed by atoms with Crippen LogP contribution in [0.2, 0.25) is 5.02 Å². The topological polar surface area (TPSA) is 134 Å². The molecule has 0 aliphatic carbocycles. The second-order valence-electron chi connectivity index (χ2n) is 6.18. The lowest BCUT2D eigenvalue weighted by atomic mass is 10.2. The predicted octanol–water partition coefficient (Wildman–Crippen LogP) is 2.41. The number of aliphatic carboxylic acids is 1. The van der Waals surface area contributed by atoms with Crippen LogP contribution in [0.4, 0.5) is 11.4 Å². The second-order valence-corrected chi connectivity index (χ2v) is 6.59. The molecule has 2 rings (SSSR count). The van der Waals surface area contributed by atoms with E-state index < -0.39 is 22.8 Å². The van der Waals surface area contributed by atoms with Crippen LogP contribution in [0, 0.1) is 10.1 Å². The van der Waals surface area contributed by atoms with Crippen molar-refractivity contribution < 1.29 is 19.6 Å². The molecule has 0 spiro atoms. The van der Waals surface area contributed by atoms with E-state index in [1.165, 1.54) is 12.1 Å². The molecule has 29 heavy (non-hydrogen) atoms. The Morgan fingerprint density at radius 3 is 2.52 bits per heavy atom. The van der Waals surface area contributed by atoms with Gasteiger partial charge in [0.15, 0.2) is 0 Å². The van der Waals surface area contributed by atoms with Gasteiger partial charge in [0, 0.05) is 31.4 Å². The lowest BCUT2D eigenvalue weighted by molar-refractivity contribution is -0.384. The smallest absolute Gasteiger partial charge is 0.321 e. The first-order valence-corrected chi connectivity index (χ1v) is 9.19. The molecule has 0 bridgehead atoms. The van der Waals surface area contributed by atoms with E-state index in [0.29, 0.717) is 19.6 Å². The second kappa shape index (κ2) is 11.1.